The predicted molar refractivity (Wildman–Crippen MR) is 117 cm³/mol. The van der Waals surface area contributed by atoms with E-state index in [2.05, 4.69) is 20.4 Å². The zero-order chi connectivity index (χ0) is 21.8. The Kier molecular flexibility index (Phi) is 4.25. The summed E-state index contributed by atoms with van der Waals surface area (Å²) in [5, 5.41) is 18.7. The molecule has 3 aliphatic rings. The third kappa shape index (κ3) is 2.96. The van der Waals surface area contributed by atoms with Gasteiger partial charge in [-0.05, 0) is 30.7 Å². The van der Waals surface area contributed by atoms with E-state index < -0.39 is 5.82 Å². The summed E-state index contributed by atoms with van der Waals surface area (Å²) in [6, 6.07) is 12.1. The molecule has 2 saturated heterocycles. The Bertz CT molecular complexity index is 1310. The lowest BCUT2D eigenvalue weighted by Gasteiger charge is -2.26. The lowest BCUT2D eigenvalue weighted by atomic mass is 10.0. The van der Waals surface area contributed by atoms with Crippen molar-refractivity contribution in [1.29, 1.82) is 0 Å². The molecule has 0 spiro atoms. The number of benzene rings is 2. The van der Waals surface area contributed by atoms with Gasteiger partial charge in [0, 0.05) is 41.6 Å². The summed E-state index contributed by atoms with van der Waals surface area (Å²) in [5.74, 6) is -0.671. The Morgan fingerprint density at radius 2 is 2.19 bits per heavy atom. The van der Waals surface area contributed by atoms with Crippen LogP contribution in [0.25, 0.3) is 10.9 Å². The Labute approximate surface area is 182 Å². The number of piperazine rings is 1. The number of para-hydroxylation sites is 1. The second kappa shape index (κ2) is 7.16. The van der Waals surface area contributed by atoms with Crippen LogP contribution in [0.4, 0.5) is 10.1 Å². The summed E-state index contributed by atoms with van der Waals surface area (Å²) in [5.41, 5.74) is 3.03. The number of aliphatic imine (C=N–C) groups is 1. The van der Waals surface area contributed by atoms with Crippen LogP contribution in [0.5, 0.6) is 5.88 Å². The van der Waals surface area contributed by atoms with E-state index in [0.717, 1.165) is 13.0 Å². The van der Waals surface area contributed by atoms with Gasteiger partial charge in [-0.25, -0.2) is 9.38 Å². The number of carbonyl (C=O) groups is 1. The lowest BCUT2D eigenvalue weighted by molar-refractivity contribution is -0.137. The van der Waals surface area contributed by atoms with Gasteiger partial charge in [-0.15, -0.1) is 0 Å². The molecule has 8 nitrogen and oxygen atoms in total. The van der Waals surface area contributed by atoms with Crippen LogP contribution in [0, 0.1) is 5.82 Å². The summed E-state index contributed by atoms with van der Waals surface area (Å²) in [4.78, 5) is 27.4. The van der Waals surface area contributed by atoms with Gasteiger partial charge < -0.3 is 25.1 Å². The van der Waals surface area contributed by atoms with Gasteiger partial charge >= 0.3 is 0 Å². The van der Waals surface area contributed by atoms with E-state index in [9.17, 15) is 14.3 Å². The highest BCUT2D eigenvalue weighted by molar-refractivity contribution is 6.58. The van der Waals surface area contributed by atoms with E-state index >= 15 is 0 Å². The number of nitrogens with zero attached hydrogens (tertiary/aromatic N) is 3. The van der Waals surface area contributed by atoms with Crippen LogP contribution in [0.2, 0.25) is 0 Å². The molecule has 2 fully saturated rings. The number of nitrogens with one attached hydrogen (secondary N) is 2. The summed E-state index contributed by atoms with van der Waals surface area (Å²) in [7, 11) is 0. The van der Waals surface area contributed by atoms with Crippen LogP contribution in [-0.4, -0.2) is 64.1 Å². The zero-order valence-electron chi connectivity index (χ0n) is 17.0. The molecule has 3 N–H and O–H groups in total. The maximum atomic E-state index is 13.9. The molecule has 9 heteroatoms. The first-order valence-electron chi connectivity index (χ1n) is 10.5. The molecule has 0 radical (unpaired) electrons. The topological polar surface area (TPSA) is 102 Å². The quantitative estimate of drug-likeness (QED) is 0.550. The zero-order valence-corrected chi connectivity index (χ0v) is 17.0. The lowest BCUT2D eigenvalue weighted by Crippen LogP contribution is -2.47. The van der Waals surface area contributed by atoms with Gasteiger partial charge in [0.25, 0.3) is 5.91 Å². The van der Waals surface area contributed by atoms with Crippen molar-refractivity contribution in [3.05, 3.63) is 59.4 Å². The van der Waals surface area contributed by atoms with Crippen LogP contribution < -0.4 is 5.32 Å². The molecule has 2 aromatic carbocycles. The monoisotopic (exact) mass is 433 g/mol. The first kappa shape index (κ1) is 19.0. The molecule has 0 aliphatic carbocycles. The van der Waals surface area contributed by atoms with Crippen LogP contribution in [0.3, 0.4) is 0 Å². The fraction of sp³-hybridized carbons (Fsp3) is 0.261. The maximum absolute atomic E-state index is 13.9. The number of aromatic amines is 1. The van der Waals surface area contributed by atoms with E-state index in [1.54, 1.807) is 6.07 Å². The first-order valence-corrected chi connectivity index (χ1v) is 10.5. The molecule has 4 heterocycles. The average molecular weight is 433 g/mol. The number of aromatic hydroxyl groups is 1. The standard InChI is InChI=1S/C23H20FN5O3/c24-12-5-6-18-16(7-12)20(23(31)27-18)22-21(15-3-1-2-4-17(15)26-22)28-32-11-19(30)29-10-13-8-14(29)9-25-13/h1-7,13-14,25,27,31H,8-11H2/b28-21+/t13-,14-/m0/s1. The van der Waals surface area contributed by atoms with Gasteiger partial charge in [0.15, 0.2) is 12.5 Å². The molecule has 3 aliphatic heterocycles. The molecule has 3 aromatic rings. The van der Waals surface area contributed by atoms with Crippen molar-refractivity contribution in [2.75, 3.05) is 19.7 Å². The molecule has 1 amide bonds. The van der Waals surface area contributed by atoms with E-state index in [-0.39, 0.29) is 24.4 Å². The van der Waals surface area contributed by atoms with Gasteiger partial charge in [-0.1, -0.05) is 23.4 Å². The molecule has 0 saturated carbocycles. The minimum atomic E-state index is -0.427. The summed E-state index contributed by atoms with van der Waals surface area (Å²) < 4.78 is 13.9. The second-order valence-corrected chi connectivity index (χ2v) is 8.27. The van der Waals surface area contributed by atoms with Crippen molar-refractivity contribution in [3.8, 4) is 5.88 Å². The third-order valence-corrected chi connectivity index (χ3v) is 6.31. The SMILES string of the molecule is O=C(CO/N=C1/C(c2c(O)[nH]c3ccc(F)cc23)=Nc2ccccc21)N1C[C@@H]2C[C@H]1CN2. The minimum Gasteiger partial charge on any atom is -0.494 e. The highest BCUT2D eigenvalue weighted by Crippen LogP contribution is 2.36. The van der Waals surface area contributed by atoms with Gasteiger partial charge in [0.2, 0.25) is 0 Å². The van der Waals surface area contributed by atoms with Crippen molar-refractivity contribution in [3.63, 3.8) is 0 Å². The highest BCUT2D eigenvalue weighted by Gasteiger charge is 2.40. The van der Waals surface area contributed by atoms with E-state index in [0.29, 0.717) is 51.7 Å². The number of rotatable bonds is 4. The number of hydrogen-bond acceptors (Lipinski definition) is 6. The number of fused-ring (bicyclic) bond motifs is 4. The predicted octanol–water partition coefficient (Wildman–Crippen LogP) is 2.44. The van der Waals surface area contributed by atoms with Crippen LogP contribution in [-0.2, 0) is 9.63 Å². The number of halogens is 1. The van der Waals surface area contributed by atoms with Gasteiger partial charge in [-0.2, -0.15) is 0 Å². The largest absolute Gasteiger partial charge is 0.494 e. The van der Waals surface area contributed by atoms with Crippen molar-refractivity contribution in [2.45, 2.75) is 18.5 Å². The van der Waals surface area contributed by atoms with Crippen LogP contribution in [0.15, 0.2) is 52.6 Å². The van der Waals surface area contributed by atoms with E-state index in [1.807, 2.05) is 29.2 Å². The highest BCUT2D eigenvalue weighted by atomic mass is 19.1. The number of oxime groups is 1. The Hall–Kier alpha value is -3.72. The molecule has 0 unspecified atom stereocenters. The average Bonchev–Trinajstić information content (AvgIpc) is 3.55. The molecule has 32 heavy (non-hydrogen) atoms. The number of amides is 1. The number of H-pyrrole nitrogens is 1. The fourth-order valence-corrected chi connectivity index (χ4v) is 4.83. The van der Waals surface area contributed by atoms with E-state index in [4.69, 9.17) is 4.84 Å². The first-order chi connectivity index (χ1) is 15.6. The Balaban J connectivity index is 1.33. The normalized spacial score (nSPS) is 22.6. The molecule has 6 rings (SSSR count). The number of likely N-dealkylation sites (tertiary alicyclic amines) is 1. The summed E-state index contributed by atoms with van der Waals surface area (Å²) in [6.45, 7) is 1.32. The number of carbonyl (C=O) groups excluding carboxylic acids is 1. The Morgan fingerprint density at radius 1 is 1.31 bits per heavy atom. The summed E-state index contributed by atoms with van der Waals surface area (Å²) in [6.07, 6.45) is 0.973. The number of hydrogen-bond donors (Lipinski definition) is 3. The van der Waals surface area contributed by atoms with Crippen LogP contribution in [0.1, 0.15) is 17.5 Å². The molecule has 2 atom stereocenters. The number of aromatic nitrogens is 1. The Morgan fingerprint density at radius 3 is 3.00 bits per heavy atom. The smallest absolute Gasteiger partial charge is 0.263 e. The van der Waals surface area contributed by atoms with Crippen molar-refractivity contribution in [2.24, 2.45) is 10.1 Å². The van der Waals surface area contributed by atoms with Crippen molar-refractivity contribution >= 4 is 33.9 Å². The molecular weight excluding hydrogens is 413 g/mol. The third-order valence-electron chi connectivity index (χ3n) is 6.31. The van der Waals surface area contributed by atoms with Crippen LogP contribution >= 0.6 is 0 Å². The maximum Gasteiger partial charge on any atom is 0.263 e. The van der Waals surface area contributed by atoms with Gasteiger partial charge in [0.05, 0.1) is 11.3 Å². The van der Waals surface area contributed by atoms with Gasteiger partial charge in [0.1, 0.15) is 17.2 Å². The fourth-order valence-electron chi connectivity index (χ4n) is 4.83. The summed E-state index contributed by atoms with van der Waals surface area (Å²) >= 11 is 0. The minimum absolute atomic E-state index is 0.106. The molecule has 162 valence electrons. The van der Waals surface area contributed by atoms with Crippen molar-refractivity contribution < 1.29 is 19.1 Å². The molecule has 1 aromatic heterocycles. The second-order valence-electron chi connectivity index (χ2n) is 8.27. The van der Waals surface area contributed by atoms with Gasteiger partial charge in [-0.3, -0.25) is 4.79 Å². The van der Waals surface area contributed by atoms with Crippen molar-refractivity contribution in [1.82, 2.24) is 15.2 Å². The van der Waals surface area contributed by atoms with E-state index in [1.165, 1.54) is 12.1 Å². The molecular formula is C23H20FN5O3. The molecule has 2 bridgehead atoms.